The number of carbonyl (C=O) groups excluding carboxylic acids is 1. The molecule has 0 spiro atoms. The molecule has 1 heterocycles. The van der Waals surface area contributed by atoms with Crippen molar-refractivity contribution in [2.24, 2.45) is 0 Å². The number of aromatic amines is 1. The van der Waals surface area contributed by atoms with E-state index >= 15 is 0 Å². The maximum atomic E-state index is 11.2. The van der Waals surface area contributed by atoms with Gasteiger partial charge >= 0.3 is 5.97 Å². The van der Waals surface area contributed by atoms with Crippen LogP contribution in [0, 0.1) is 0 Å². The molecule has 1 aliphatic carbocycles. The van der Waals surface area contributed by atoms with E-state index in [-0.39, 0.29) is 17.9 Å². The molecule has 0 atom stereocenters. The molecule has 0 aliphatic heterocycles. The van der Waals surface area contributed by atoms with Gasteiger partial charge in [-0.15, -0.1) is 5.10 Å². The average Bonchev–Trinajstić information content (AvgIpc) is 2.44. The first kappa shape index (κ1) is 8.03. The Balaban J connectivity index is 1.96. The quantitative estimate of drug-likeness (QED) is 0.632. The standard InChI is InChI=1S/C7H10N4O2/c8-7-9-5(10-11-7)6(12)13-4-2-1-3-4/h4H,1-3H2,(H3,8,9,10,11). The molecule has 0 bridgehead atoms. The van der Waals surface area contributed by atoms with Gasteiger partial charge in [-0.1, -0.05) is 0 Å². The second-order valence-electron chi connectivity index (χ2n) is 3.00. The lowest BCUT2D eigenvalue weighted by atomic mass is 9.96. The summed E-state index contributed by atoms with van der Waals surface area (Å²) in [5.41, 5.74) is 5.23. The molecule has 1 saturated carbocycles. The lowest BCUT2D eigenvalue weighted by molar-refractivity contribution is 0.00773. The van der Waals surface area contributed by atoms with Crippen LogP contribution in [0.2, 0.25) is 0 Å². The van der Waals surface area contributed by atoms with E-state index in [1.807, 2.05) is 0 Å². The number of nitrogens with two attached hydrogens (primary N) is 1. The van der Waals surface area contributed by atoms with Crippen LogP contribution < -0.4 is 5.73 Å². The zero-order valence-corrected chi connectivity index (χ0v) is 6.99. The minimum Gasteiger partial charge on any atom is -0.457 e. The minimum atomic E-state index is -0.478. The number of esters is 1. The highest BCUT2D eigenvalue weighted by Gasteiger charge is 2.23. The molecule has 6 heteroatoms. The maximum absolute atomic E-state index is 11.2. The van der Waals surface area contributed by atoms with Crippen molar-refractivity contribution in [2.75, 3.05) is 5.73 Å². The van der Waals surface area contributed by atoms with Crippen molar-refractivity contribution in [1.82, 2.24) is 15.2 Å². The normalized spacial score (nSPS) is 16.6. The highest BCUT2D eigenvalue weighted by atomic mass is 16.5. The van der Waals surface area contributed by atoms with Crippen LogP contribution in [0.15, 0.2) is 0 Å². The van der Waals surface area contributed by atoms with Gasteiger partial charge < -0.3 is 10.5 Å². The van der Waals surface area contributed by atoms with Gasteiger partial charge in [0.2, 0.25) is 11.8 Å². The van der Waals surface area contributed by atoms with E-state index in [0.29, 0.717) is 0 Å². The Kier molecular flexibility index (Phi) is 1.88. The molecule has 0 amide bonds. The summed E-state index contributed by atoms with van der Waals surface area (Å²) < 4.78 is 5.06. The molecule has 0 unspecified atom stereocenters. The first-order valence-electron chi connectivity index (χ1n) is 4.14. The third kappa shape index (κ3) is 1.61. The fraction of sp³-hybridized carbons (Fsp3) is 0.571. The summed E-state index contributed by atoms with van der Waals surface area (Å²) in [5.74, 6) is -0.348. The summed E-state index contributed by atoms with van der Waals surface area (Å²) in [6.07, 6.45) is 3.06. The average molecular weight is 182 g/mol. The third-order valence-electron chi connectivity index (χ3n) is 2.02. The first-order chi connectivity index (χ1) is 6.25. The van der Waals surface area contributed by atoms with Crippen LogP contribution in [0.1, 0.15) is 29.9 Å². The van der Waals surface area contributed by atoms with Crippen LogP contribution in [-0.2, 0) is 4.74 Å². The van der Waals surface area contributed by atoms with E-state index in [2.05, 4.69) is 15.2 Å². The third-order valence-corrected chi connectivity index (χ3v) is 2.02. The molecule has 6 nitrogen and oxygen atoms in total. The summed E-state index contributed by atoms with van der Waals surface area (Å²) >= 11 is 0. The molecule has 1 aromatic rings. The van der Waals surface area contributed by atoms with Gasteiger partial charge in [0.25, 0.3) is 0 Å². The SMILES string of the molecule is Nc1n[nH]c(C(=O)OC2CCC2)n1. The number of nitrogens with one attached hydrogen (secondary N) is 1. The van der Waals surface area contributed by atoms with Gasteiger partial charge in [0.1, 0.15) is 6.10 Å². The highest BCUT2D eigenvalue weighted by molar-refractivity contribution is 5.85. The predicted octanol–water partition coefficient (Wildman–Crippen LogP) is 0.0962. The Labute approximate surface area is 74.5 Å². The van der Waals surface area contributed by atoms with E-state index < -0.39 is 5.97 Å². The van der Waals surface area contributed by atoms with Crippen molar-refractivity contribution >= 4 is 11.9 Å². The van der Waals surface area contributed by atoms with E-state index in [0.717, 1.165) is 19.3 Å². The monoisotopic (exact) mass is 182 g/mol. The molecule has 1 aliphatic rings. The number of carbonyl (C=O) groups is 1. The van der Waals surface area contributed by atoms with Gasteiger partial charge in [-0.2, -0.15) is 4.98 Å². The van der Waals surface area contributed by atoms with E-state index in [1.54, 1.807) is 0 Å². The van der Waals surface area contributed by atoms with Gasteiger partial charge in [-0.3, -0.25) is 5.10 Å². The number of hydrogen-bond acceptors (Lipinski definition) is 5. The molecular formula is C7H10N4O2. The topological polar surface area (TPSA) is 93.9 Å². The van der Waals surface area contributed by atoms with Crippen molar-refractivity contribution in [3.8, 4) is 0 Å². The number of rotatable bonds is 2. The maximum Gasteiger partial charge on any atom is 0.376 e. The van der Waals surface area contributed by atoms with Crippen molar-refractivity contribution in [2.45, 2.75) is 25.4 Å². The number of aromatic nitrogens is 3. The molecule has 70 valence electrons. The van der Waals surface area contributed by atoms with Crippen LogP contribution in [0.5, 0.6) is 0 Å². The lowest BCUT2D eigenvalue weighted by Crippen LogP contribution is -2.25. The van der Waals surface area contributed by atoms with Crippen molar-refractivity contribution < 1.29 is 9.53 Å². The molecule has 3 N–H and O–H groups in total. The molecule has 0 radical (unpaired) electrons. The smallest absolute Gasteiger partial charge is 0.376 e. The van der Waals surface area contributed by atoms with Crippen LogP contribution in [0.3, 0.4) is 0 Å². The zero-order valence-electron chi connectivity index (χ0n) is 6.99. The van der Waals surface area contributed by atoms with Gasteiger partial charge in [0.15, 0.2) is 0 Å². The Bertz CT molecular complexity index is 318. The van der Waals surface area contributed by atoms with Crippen molar-refractivity contribution in [3.05, 3.63) is 5.82 Å². The second kappa shape index (κ2) is 3.04. The number of hydrogen-bond donors (Lipinski definition) is 2. The molecule has 0 saturated heterocycles. The number of nitrogens with zero attached hydrogens (tertiary/aromatic N) is 2. The van der Waals surface area contributed by atoms with Gasteiger partial charge in [0, 0.05) is 0 Å². The van der Waals surface area contributed by atoms with Gasteiger partial charge in [-0.05, 0) is 19.3 Å². The van der Waals surface area contributed by atoms with Crippen LogP contribution >= 0.6 is 0 Å². The number of ether oxygens (including phenoxy) is 1. The van der Waals surface area contributed by atoms with Crippen LogP contribution in [0.25, 0.3) is 0 Å². The first-order valence-corrected chi connectivity index (χ1v) is 4.14. The second-order valence-corrected chi connectivity index (χ2v) is 3.00. The molecule has 0 aromatic carbocycles. The minimum absolute atomic E-state index is 0.0545. The number of H-pyrrole nitrogens is 1. The number of anilines is 1. The molecular weight excluding hydrogens is 172 g/mol. The summed E-state index contributed by atoms with van der Waals surface area (Å²) in [6, 6.07) is 0. The zero-order chi connectivity index (χ0) is 9.26. The highest BCUT2D eigenvalue weighted by Crippen LogP contribution is 2.22. The summed E-state index contributed by atoms with van der Waals surface area (Å²) in [5, 5.41) is 5.93. The molecule has 2 rings (SSSR count). The van der Waals surface area contributed by atoms with Gasteiger partial charge in [0.05, 0.1) is 0 Å². The van der Waals surface area contributed by atoms with E-state index in [9.17, 15) is 4.79 Å². The summed E-state index contributed by atoms with van der Waals surface area (Å²) in [6.45, 7) is 0. The molecule has 1 aromatic heterocycles. The Morgan fingerprint density at radius 2 is 2.38 bits per heavy atom. The molecule has 1 fully saturated rings. The van der Waals surface area contributed by atoms with Crippen LogP contribution in [-0.4, -0.2) is 27.3 Å². The van der Waals surface area contributed by atoms with Crippen LogP contribution in [0.4, 0.5) is 5.95 Å². The fourth-order valence-corrected chi connectivity index (χ4v) is 1.06. The Morgan fingerprint density at radius 3 is 2.85 bits per heavy atom. The number of nitrogen functional groups attached to an aromatic ring is 1. The van der Waals surface area contributed by atoms with Crippen molar-refractivity contribution in [1.29, 1.82) is 0 Å². The Morgan fingerprint density at radius 1 is 1.62 bits per heavy atom. The predicted molar refractivity (Wildman–Crippen MR) is 43.8 cm³/mol. The summed E-state index contributed by atoms with van der Waals surface area (Å²) in [4.78, 5) is 14.9. The van der Waals surface area contributed by atoms with E-state index in [1.165, 1.54) is 0 Å². The van der Waals surface area contributed by atoms with Gasteiger partial charge in [-0.25, -0.2) is 4.79 Å². The largest absolute Gasteiger partial charge is 0.457 e. The van der Waals surface area contributed by atoms with Crippen molar-refractivity contribution in [3.63, 3.8) is 0 Å². The molecule has 13 heavy (non-hydrogen) atoms. The lowest BCUT2D eigenvalue weighted by Gasteiger charge is -2.24. The summed E-state index contributed by atoms with van der Waals surface area (Å²) in [7, 11) is 0. The van der Waals surface area contributed by atoms with E-state index in [4.69, 9.17) is 10.5 Å². The fourth-order valence-electron chi connectivity index (χ4n) is 1.06. The Hall–Kier alpha value is -1.59.